The Morgan fingerprint density at radius 1 is 1.28 bits per heavy atom. The van der Waals surface area contributed by atoms with Crippen molar-refractivity contribution < 1.29 is 9.59 Å². The Hall–Kier alpha value is -2.21. The number of benzene rings is 1. The molecule has 0 spiro atoms. The number of hydrogen-bond acceptors (Lipinski definition) is 4. The number of fused-ring (bicyclic) bond motifs is 1. The predicted molar refractivity (Wildman–Crippen MR) is 103 cm³/mol. The minimum Gasteiger partial charge on any atom is -0.369 e. The molecule has 1 fully saturated rings. The molecule has 2 aliphatic heterocycles. The van der Waals surface area contributed by atoms with Crippen LogP contribution in [0.2, 0.25) is 0 Å². The van der Waals surface area contributed by atoms with Gasteiger partial charge in [0.05, 0.1) is 0 Å². The van der Waals surface area contributed by atoms with E-state index in [1.807, 2.05) is 6.07 Å². The Morgan fingerprint density at radius 2 is 1.96 bits per heavy atom. The van der Waals surface area contributed by atoms with Gasteiger partial charge in [0, 0.05) is 25.3 Å². The lowest BCUT2D eigenvalue weighted by atomic mass is 9.80. The molecule has 1 N–H and O–H groups in total. The first kappa shape index (κ1) is 17.6. The molecule has 0 saturated carbocycles. The van der Waals surface area contributed by atoms with Crippen LogP contribution in [0.3, 0.4) is 0 Å². The molecule has 0 aliphatic carbocycles. The first-order valence-corrected chi connectivity index (χ1v) is 8.75. The molecule has 6 heteroatoms. The van der Waals surface area contributed by atoms with E-state index in [2.05, 4.69) is 50.2 Å². The molecule has 1 aromatic rings. The standard InChI is InChI=1S/C19H23N3O2S/c1-11-10-19(2,3)22(5)15-7-6-12(8-13(11)15)9-14-16(23)20-18(25)21(4)17(14)24/h6-9,11H,10H2,1-5H3,(H,20,23,25)/b14-9+/t11-/m0/s1. The maximum Gasteiger partial charge on any atom is 0.265 e. The Morgan fingerprint density at radius 3 is 2.64 bits per heavy atom. The summed E-state index contributed by atoms with van der Waals surface area (Å²) in [6, 6.07) is 6.09. The molecule has 132 valence electrons. The fourth-order valence-electron chi connectivity index (χ4n) is 3.60. The van der Waals surface area contributed by atoms with Gasteiger partial charge in [-0.3, -0.25) is 19.8 Å². The maximum absolute atomic E-state index is 12.3. The zero-order valence-electron chi connectivity index (χ0n) is 15.2. The minimum atomic E-state index is -0.447. The van der Waals surface area contributed by atoms with Gasteiger partial charge in [-0.25, -0.2) is 0 Å². The summed E-state index contributed by atoms with van der Waals surface area (Å²) in [6.45, 7) is 6.70. The van der Waals surface area contributed by atoms with Crippen LogP contribution in [0.5, 0.6) is 0 Å². The molecular weight excluding hydrogens is 334 g/mol. The highest BCUT2D eigenvalue weighted by Crippen LogP contribution is 2.42. The monoisotopic (exact) mass is 357 g/mol. The number of nitrogens with zero attached hydrogens (tertiary/aromatic N) is 2. The van der Waals surface area contributed by atoms with Gasteiger partial charge in [-0.2, -0.15) is 0 Å². The van der Waals surface area contributed by atoms with Gasteiger partial charge >= 0.3 is 0 Å². The molecule has 0 unspecified atom stereocenters. The molecular formula is C19H23N3O2S. The number of amides is 2. The molecule has 0 bridgehead atoms. The number of rotatable bonds is 1. The fraction of sp³-hybridized carbons (Fsp3) is 0.421. The van der Waals surface area contributed by atoms with Crippen LogP contribution in [0, 0.1) is 0 Å². The Labute approximate surface area is 153 Å². The lowest BCUT2D eigenvalue weighted by Gasteiger charge is -2.45. The van der Waals surface area contributed by atoms with Crippen molar-refractivity contribution >= 4 is 40.9 Å². The number of thiocarbonyl (C=S) groups is 1. The molecule has 1 atom stereocenters. The second-order valence-corrected chi connectivity index (χ2v) is 7.86. The van der Waals surface area contributed by atoms with Crippen molar-refractivity contribution in [3.63, 3.8) is 0 Å². The normalized spacial score (nSPS) is 24.4. The van der Waals surface area contributed by atoms with Gasteiger partial charge in [-0.1, -0.05) is 13.0 Å². The summed E-state index contributed by atoms with van der Waals surface area (Å²) in [5.74, 6) is -0.416. The van der Waals surface area contributed by atoms with Gasteiger partial charge in [-0.15, -0.1) is 0 Å². The first-order valence-electron chi connectivity index (χ1n) is 8.34. The molecule has 1 saturated heterocycles. The van der Waals surface area contributed by atoms with E-state index in [1.54, 1.807) is 13.1 Å². The van der Waals surface area contributed by atoms with E-state index in [0.29, 0.717) is 5.92 Å². The lowest BCUT2D eigenvalue weighted by molar-refractivity contribution is -0.128. The van der Waals surface area contributed by atoms with E-state index >= 15 is 0 Å². The Kier molecular flexibility index (Phi) is 4.19. The topological polar surface area (TPSA) is 52.7 Å². The molecule has 0 radical (unpaired) electrons. The van der Waals surface area contributed by atoms with Crippen LogP contribution in [-0.2, 0) is 9.59 Å². The highest BCUT2D eigenvalue weighted by molar-refractivity contribution is 7.80. The summed E-state index contributed by atoms with van der Waals surface area (Å²) in [6.07, 6.45) is 2.69. The van der Waals surface area contributed by atoms with Crippen molar-refractivity contribution in [1.29, 1.82) is 0 Å². The van der Waals surface area contributed by atoms with E-state index in [0.717, 1.165) is 12.0 Å². The van der Waals surface area contributed by atoms with Crippen LogP contribution >= 0.6 is 12.2 Å². The van der Waals surface area contributed by atoms with Crippen molar-refractivity contribution in [2.24, 2.45) is 0 Å². The summed E-state index contributed by atoms with van der Waals surface area (Å²) in [5.41, 5.74) is 3.49. The van der Waals surface area contributed by atoms with Crippen LogP contribution < -0.4 is 10.2 Å². The molecule has 25 heavy (non-hydrogen) atoms. The average Bonchev–Trinajstić information content (AvgIpc) is 2.54. The summed E-state index contributed by atoms with van der Waals surface area (Å²) in [7, 11) is 3.67. The van der Waals surface area contributed by atoms with E-state index in [4.69, 9.17) is 12.2 Å². The molecule has 3 rings (SSSR count). The quantitative estimate of drug-likeness (QED) is 0.477. The second kappa shape index (κ2) is 5.95. The number of carbonyl (C=O) groups excluding carboxylic acids is 2. The van der Waals surface area contributed by atoms with E-state index in [1.165, 1.54) is 16.2 Å². The van der Waals surface area contributed by atoms with Crippen LogP contribution in [0.1, 0.15) is 44.2 Å². The van der Waals surface area contributed by atoms with Gasteiger partial charge in [0.2, 0.25) is 0 Å². The van der Waals surface area contributed by atoms with Crippen molar-refractivity contribution in [1.82, 2.24) is 10.2 Å². The molecule has 2 amide bonds. The Bertz CT molecular complexity index is 813. The summed E-state index contributed by atoms with van der Waals surface area (Å²) < 4.78 is 0. The second-order valence-electron chi connectivity index (χ2n) is 7.48. The van der Waals surface area contributed by atoms with Gasteiger partial charge < -0.3 is 4.90 Å². The highest BCUT2D eigenvalue weighted by atomic mass is 32.1. The smallest absolute Gasteiger partial charge is 0.265 e. The summed E-state index contributed by atoms with van der Waals surface area (Å²) in [5, 5.41) is 2.67. The average molecular weight is 357 g/mol. The zero-order valence-corrected chi connectivity index (χ0v) is 16.0. The maximum atomic E-state index is 12.3. The van der Waals surface area contributed by atoms with Gasteiger partial charge in [0.1, 0.15) is 5.57 Å². The van der Waals surface area contributed by atoms with Gasteiger partial charge in [0.25, 0.3) is 11.8 Å². The van der Waals surface area contributed by atoms with Crippen molar-refractivity contribution in [3.8, 4) is 0 Å². The molecule has 5 nitrogen and oxygen atoms in total. The molecule has 2 aliphatic rings. The highest BCUT2D eigenvalue weighted by Gasteiger charge is 2.34. The lowest BCUT2D eigenvalue weighted by Crippen LogP contribution is -2.52. The number of hydrogen-bond donors (Lipinski definition) is 1. The zero-order chi connectivity index (χ0) is 18.5. The number of anilines is 1. The Balaban J connectivity index is 2.01. The van der Waals surface area contributed by atoms with Crippen LogP contribution in [-0.4, -0.2) is 41.5 Å². The number of carbonyl (C=O) groups is 2. The van der Waals surface area contributed by atoms with Gasteiger partial charge in [0.15, 0.2) is 5.11 Å². The van der Waals surface area contributed by atoms with Crippen molar-refractivity contribution in [3.05, 3.63) is 34.9 Å². The van der Waals surface area contributed by atoms with E-state index in [-0.39, 0.29) is 22.1 Å². The van der Waals surface area contributed by atoms with Gasteiger partial charge in [-0.05, 0) is 67.7 Å². The summed E-state index contributed by atoms with van der Waals surface area (Å²) >= 11 is 4.97. The third kappa shape index (κ3) is 2.95. The predicted octanol–water partition coefficient (Wildman–Crippen LogP) is 2.67. The number of likely N-dealkylation sites (N-methyl/N-ethyl adjacent to an activating group) is 1. The molecule has 2 heterocycles. The first-order chi connectivity index (χ1) is 11.6. The minimum absolute atomic E-state index is 0.101. The van der Waals surface area contributed by atoms with Crippen LogP contribution in [0.25, 0.3) is 6.08 Å². The van der Waals surface area contributed by atoms with Crippen LogP contribution in [0.15, 0.2) is 23.8 Å². The SMILES string of the molecule is C[C@H]1CC(C)(C)N(C)c2ccc(/C=C3\C(=O)NC(=S)N(C)C3=O)cc21. The van der Waals surface area contributed by atoms with E-state index < -0.39 is 5.91 Å². The fourth-order valence-corrected chi connectivity index (χ4v) is 3.77. The number of nitrogens with one attached hydrogen (secondary N) is 1. The summed E-state index contributed by atoms with van der Waals surface area (Å²) in [4.78, 5) is 28.0. The van der Waals surface area contributed by atoms with Crippen molar-refractivity contribution in [2.45, 2.75) is 38.6 Å². The third-order valence-electron chi connectivity index (χ3n) is 5.27. The van der Waals surface area contributed by atoms with E-state index in [9.17, 15) is 9.59 Å². The molecule has 1 aromatic carbocycles. The van der Waals surface area contributed by atoms with Crippen molar-refractivity contribution in [2.75, 3.05) is 19.0 Å². The largest absolute Gasteiger partial charge is 0.369 e. The third-order valence-corrected chi connectivity index (χ3v) is 5.65. The molecule has 0 aromatic heterocycles. The van der Waals surface area contributed by atoms with Crippen LogP contribution in [0.4, 0.5) is 5.69 Å².